The minimum atomic E-state index is 0.757. The highest BCUT2D eigenvalue weighted by molar-refractivity contribution is 9.10. The normalized spacial score (nSPS) is 21.6. The van der Waals surface area contributed by atoms with Gasteiger partial charge in [-0.05, 0) is 66.8 Å². The molecule has 0 aliphatic carbocycles. The van der Waals surface area contributed by atoms with Gasteiger partial charge in [0.15, 0.2) is 0 Å². The fraction of sp³-hybridized carbons (Fsp3) is 0.500. The molecule has 0 spiro atoms. The Morgan fingerprint density at radius 2 is 2.33 bits per heavy atom. The molecule has 1 aliphatic heterocycles. The van der Waals surface area contributed by atoms with Gasteiger partial charge >= 0.3 is 0 Å². The van der Waals surface area contributed by atoms with Gasteiger partial charge in [0.25, 0.3) is 0 Å². The smallest absolute Gasteiger partial charge is 0.137 e. The van der Waals surface area contributed by atoms with Gasteiger partial charge in [-0.1, -0.05) is 6.07 Å². The van der Waals surface area contributed by atoms with E-state index in [0.717, 1.165) is 22.6 Å². The second-order valence-corrected chi connectivity index (χ2v) is 6.10. The van der Waals surface area contributed by atoms with Gasteiger partial charge in [0.2, 0.25) is 0 Å². The van der Waals surface area contributed by atoms with Crippen LogP contribution in [0.1, 0.15) is 18.5 Å². The molecule has 3 nitrogen and oxygen atoms in total. The Hall–Kier alpha value is -0.870. The standard InChI is InChI=1S/C14H18BrN3/c1-17-7-3-4-11(9-17)8-12-10-18-13(15)5-2-6-14(18)16-12/h2,5-6,10-11H,3-4,7-9H2,1H3. The van der Waals surface area contributed by atoms with Gasteiger partial charge in [-0.2, -0.15) is 0 Å². The van der Waals surface area contributed by atoms with Crippen molar-refractivity contribution in [2.75, 3.05) is 20.1 Å². The molecule has 1 aliphatic rings. The molecule has 0 amide bonds. The first-order valence-electron chi connectivity index (χ1n) is 6.53. The van der Waals surface area contributed by atoms with Gasteiger partial charge in [0, 0.05) is 12.7 Å². The van der Waals surface area contributed by atoms with Crippen molar-refractivity contribution in [3.63, 3.8) is 0 Å². The van der Waals surface area contributed by atoms with Crippen molar-refractivity contribution in [2.45, 2.75) is 19.3 Å². The van der Waals surface area contributed by atoms with E-state index in [1.165, 1.54) is 31.6 Å². The molecule has 4 heteroatoms. The van der Waals surface area contributed by atoms with Crippen LogP contribution in [0.25, 0.3) is 5.65 Å². The molecule has 1 atom stereocenters. The monoisotopic (exact) mass is 307 g/mol. The third-order valence-electron chi connectivity index (χ3n) is 3.71. The lowest BCUT2D eigenvalue weighted by Crippen LogP contribution is -2.33. The summed E-state index contributed by atoms with van der Waals surface area (Å²) in [4.78, 5) is 7.14. The van der Waals surface area contributed by atoms with Gasteiger partial charge in [0.05, 0.1) is 10.3 Å². The highest BCUT2D eigenvalue weighted by Gasteiger charge is 2.18. The lowest BCUT2D eigenvalue weighted by atomic mass is 9.94. The molecule has 2 aromatic heterocycles. The van der Waals surface area contributed by atoms with Crippen LogP contribution in [-0.2, 0) is 6.42 Å². The van der Waals surface area contributed by atoms with E-state index in [-0.39, 0.29) is 0 Å². The molecule has 0 N–H and O–H groups in total. The maximum Gasteiger partial charge on any atom is 0.137 e. The fourth-order valence-electron chi connectivity index (χ4n) is 2.86. The minimum absolute atomic E-state index is 0.757. The van der Waals surface area contributed by atoms with E-state index < -0.39 is 0 Å². The lowest BCUT2D eigenvalue weighted by Gasteiger charge is -2.29. The number of likely N-dealkylation sites (tertiary alicyclic amines) is 1. The highest BCUT2D eigenvalue weighted by Crippen LogP contribution is 2.21. The number of hydrogen-bond donors (Lipinski definition) is 0. The van der Waals surface area contributed by atoms with Crippen molar-refractivity contribution in [1.29, 1.82) is 0 Å². The third-order valence-corrected chi connectivity index (χ3v) is 4.36. The molecule has 3 heterocycles. The summed E-state index contributed by atoms with van der Waals surface area (Å²) in [6, 6.07) is 6.14. The van der Waals surface area contributed by atoms with Crippen LogP contribution < -0.4 is 0 Å². The van der Waals surface area contributed by atoms with Crippen LogP contribution in [-0.4, -0.2) is 34.4 Å². The van der Waals surface area contributed by atoms with E-state index in [9.17, 15) is 0 Å². The van der Waals surface area contributed by atoms with Gasteiger partial charge in [-0.25, -0.2) is 4.98 Å². The SMILES string of the molecule is CN1CCCC(Cc2cn3c(Br)cccc3n2)C1. The number of halogens is 1. The molecule has 18 heavy (non-hydrogen) atoms. The van der Waals surface area contributed by atoms with Crippen molar-refractivity contribution in [3.8, 4) is 0 Å². The predicted octanol–water partition coefficient (Wildman–Crippen LogP) is 2.98. The lowest BCUT2D eigenvalue weighted by molar-refractivity contribution is 0.208. The summed E-state index contributed by atoms with van der Waals surface area (Å²) >= 11 is 3.56. The Balaban J connectivity index is 1.80. The maximum absolute atomic E-state index is 4.71. The first kappa shape index (κ1) is 12.2. The number of imidazole rings is 1. The average Bonchev–Trinajstić information content (AvgIpc) is 2.73. The van der Waals surface area contributed by atoms with E-state index in [4.69, 9.17) is 4.98 Å². The van der Waals surface area contributed by atoms with E-state index >= 15 is 0 Å². The Bertz CT molecular complexity index is 549. The molecule has 1 unspecified atom stereocenters. The maximum atomic E-state index is 4.71. The van der Waals surface area contributed by atoms with Crippen molar-refractivity contribution in [1.82, 2.24) is 14.3 Å². The predicted molar refractivity (Wildman–Crippen MR) is 76.8 cm³/mol. The molecule has 2 aromatic rings. The van der Waals surface area contributed by atoms with Gasteiger partial charge < -0.3 is 4.90 Å². The Morgan fingerprint density at radius 3 is 3.11 bits per heavy atom. The zero-order valence-corrected chi connectivity index (χ0v) is 12.2. The minimum Gasteiger partial charge on any atom is -0.306 e. The number of pyridine rings is 1. The molecular weight excluding hydrogens is 290 g/mol. The van der Waals surface area contributed by atoms with Crippen molar-refractivity contribution in [2.24, 2.45) is 5.92 Å². The summed E-state index contributed by atoms with van der Waals surface area (Å²) in [6.07, 6.45) is 5.91. The first-order valence-corrected chi connectivity index (χ1v) is 7.33. The Labute approximate surface area is 116 Å². The van der Waals surface area contributed by atoms with E-state index in [1.54, 1.807) is 0 Å². The van der Waals surface area contributed by atoms with E-state index in [2.05, 4.69) is 44.5 Å². The summed E-state index contributed by atoms with van der Waals surface area (Å²) in [7, 11) is 2.21. The number of hydrogen-bond acceptors (Lipinski definition) is 2. The van der Waals surface area contributed by atoms with E-state index in [0.29, 0.717) is 0 Å². The second kappa shape index (κ2) is 5.02. The molecule has 3 rings (SSSR count). The summed E-state index contributed by atoms with van der Waals surface area (Å²) in [6.45, 7) is 2.45. The number of fused-ring (bicyclic) bond motifs is 1. The number of aromatic nitrogens is 2. The van der Waals surface area contributed by atoms with Gasteiger partial charge in [0.1, 0.15) is 5.65 Å². The number of piperidine rings is 1. The van der Waals surface area contributed by atoms with Crippen LogP contribution in [0.4, 0.5) is 0 Å². The van der Waals surface area contributed by atoms with Crippen LogP contribution >= 0.6 is 15.9 Å². The van der Waals surface area contributed by atoms with Crippen LogP contribution in [0.2, 0.25) is 0 Å². The number of rotatable bonds is 2. The topological polar surface area (TPSA) is 20.5 Å². The third kappa shape index (κ3) is 2.45. The average molecular weight is 308 g/mol. The quantitative estimate of drug-likeness (QED) is 0.795. The molecule has 1 fully saturated rings. The summed E-state index contributed by atoms with van der Waals surface area (Å²) in [5, 5.41) is 0. The highest BCUT2D eigenvalue weighted by atomic mass is 79.9. The van der Waals surface area contributed by atoms with Crippen molar-refractivity contribution < 1.29 is 0 Å². The molecular formula is C14H18BrN3. The first-order chi connectivity index (χ1) is 8.72. The van der Waals surface area contributed by atoms with Crippen LogP contribution in [0.3, 0.4) is 0 Å². The summed E-state index contributed by atoms with van der Waals surface area (Å²) < 4.78 is 3.18. The molecule has 0 radical (unpaired) electrons. The molecule has 0 aromatic carbocycles. The fourth-order valence-corrected chi connectivity index (χ4v) is 3.30. The van der Waals surface area contributed by atoms with Crippen molar-refractivity contribution >= 4 is 21.6 Å². The largest absolute Gasteiger partial charge is 0.306 e. The van der Waals surface area contributed by atoms with Crippen LogP contribution in [0.15, 0.2) is 29.0 Å². The zero-order valence-electron chi connectivity index (χ0n) is 10.6. The van der Waals surface area contributed by atoms with Gasteiger partial charge in [-0.15, -0.1) is 0 Å². The zero-order chi connectivity index (χ0) is 12.5. The molecule has 96 valence electrons. The van der Waals surface area contributed by atoms with Crippen LogP contribution in [0, 0.1) is 5.92 Å². The molecule has 0 bridgehead atoms. The number of nitrogens with zero attached hydrogens (tertiary/aromatic N) is 3. The summed E-state index contributed by atoms with van der Waals surface area (Å²) in [5.41, 5.74) is 2.24. The van der Waals surface area contributed by atoms with Crippen LogP contribution in [0.5, 0.6) is 0 Å². The summed E-state index contributed by atoms with van der Waals surface area (Å²) in [5.74, 6) is 0.757. The Morgan fingerprint density at radius 1 is 1.44 bits per heavy atom. The second-order valence-electron chi connectivity index (χ2n) is 5.28. The van der Waals surface area contributed by atoms with Gasteiger partial charge in [-0.3, -0.25) is 4.40 Å². The molecule has 1 saturated heterocycles. The Kier molecular flexibility index (Phi) is 3.39. The van der Waals surface area contributed by atoms with Crippen molar-refractivity contribution in [3.05, 3.63) is 34.7 Å². The molecule has 0 saturated carbocycles. The van der Waals surface area contributed by atoms with E-state index in [1.807, 2.05) is 12.1 Å².